The lowest BCUT2D eigenvalue weighted by molar-refractivity contribution is -0.117. The van der Waals surface area contributed by atoms with Crippen LogP contribution < -0.4 is 10.2 Å². The summed E-state index contributed by atoms with van der Waals surface area (Å²) in [5, 5.41) is 3.18. The van der Waals surface area contributed by atoms with E-state index in [2.05, 4.69) is 27.9 Å². The third-order valence-corrected chi connectivity index (χ3v) is 3.83. The van der Waals surface area contributed by atoms with Gasteiger partial charge in [-0.3, -0.25) is 4.79 Å². The van der Waals surface area contributed by atoms with Crippen molar-refractivity contribution in [1.82, 2.24) is 0 Å². The van der Waals surface area contributed by atoms with Crippen LogP contribution in [0.1, 0.15) is 13.8 Å². The van der Waals surface area contributed by atoms with Crippen molar-refractivity contribution < 1.29 is 4.79 Å². The van der Waals surface area contributed by atoms with Crippen molar-refractivity contribution in [1.29, 1.82) is 0 Å². The van der Waals surface area contributed by atoms with Gasteiger partial charge in [0, 0.05) is 21.0 Å². The standard InChI is InChI=1S/C17H19IN2O/c1-13(2)20(16-6-4-3-5-7-16)17(21)12-19-15-10-8-14(18)9-11-15/h3-11,13,19H,12H2,1-2H3. The second-order valence-electron chi connectivity index (χ2n) is 5.05. The van der Waals surface area contributed by atoms with Crippen molar-refractivity contribution in [3.05, 3.63) is 58.2 Å². The van der Waals surface area contributed by atoms with E-state index in [-0.39, 0.29) is 18.5 Å². The van der Waals surface area contributed by atoms with Gasteiger partial charge in [0.2, 0.25) is 5.91 Å². The molecule has 2 rings (SSSR count). The fourth-order valence-electron chi connectivity index (χ4n) is 2.15. The van der Waals surface area contributed by atoms with Gasteiger partial charge >= 0.3 is 0 Å². The highest BCUT2D eigenvalue weighted by atomic mass is 127. The average Bonchev–Trinajstić information content (AvgIpc) is 2.47. The van der Waals surface area contributed by atoms with Crippen LogP contribution in [-0.4, -0.2) is 18.5 Å². The van der Waals surface area contributed by atoms with Gasteiger partial charge in [0.15, 0.2) is 0 Å². The molecule has 0 aliphatic carbocycles. The Balaban J connectivity index is 2.04. The summed E-state index contributed by atoms with van der Waals surface area (Å²) in [5.41, 5.74) is 1.89. The van der Waals surface area contributed by atoms with Crippen LogP contribution in [0.3, 0.4) is 0 Å². The molecule has 0 atom stereocenters. The third kappa shape index (κ3) is 4.46. The van der Waals surface area contributed by atoms with E-state index in [0.29, 0.717) is 0 Å². The Morgan fingerprint density at radius 3 is 2.29 bits per heavy atom. The maximum absolute atomic E-state index is 12.5. The van der Waals surface area contributed by atoms with Crippen LogP contribution in [-0.2, 0) is 4.79 Å². The van der Waals surface area contributed by atoms with E-state index < -0.39 is 0 Å². The van der Waals surface area contributed by atoms with Crippen LogP contribution in [0.4, 0.5) is 11.4 Å². The number of benzene rings is 2. The number of anilines is 2. The van der Waals surface area contributed by atoms with Gasteiger partial charge < -0.3 is 10.2 Å². The van der Waals surface area contributed by atoms with Crippen molar-refractivity contribution in [2.45, 2.75) is 19.9 Å². The first-order chi connectivity index (χ1) is 10.1. The number of carbonyl (C=O) groups is 1. The fraction of sp³-hybridized carbons (Fsp3) is 0.235. The maximum atomic E-state index is 12.5. The van der Waals surface area contributed by atoms with Crippen LogP contribution >= 0.6 is 22.6 Å². The minimum atomic E-state index is 0.0646. The first-order valence-electron chi connectivity index (χ1n) is 6.94. The molecule has 2 aromatic carbocycles. The molecule has 0 bridgehead atoms. The number of carbonyl (C=O) groups excluding carboxylic acids is 1. The van der Waals surface area contributed by atoms with Crippen LogP contribution in [0.5, 0.6) is 0 Å². The molecular formula is C17H19IN2O. The number of nitrogens with one attached hydrogen (secondary N) is 1. The summed E-state index contributed by atoms with van der Waals surface area (Å²) in [6, 6.07) is 17.9. The number of para-hydroxylation sites is 1. The van der Waals surface area contributed by atoms with Gasteiger partial charge in [0.05, 0.1) is 6.54 Å². The van der Waals surface area contributed by atoms with E-state index in [9.17, 15) is 4.79 Å². The summed E-state index contributed by atoms with van der Waals surface area (Å²) in [5.74, 6) is 0.0646. The SMILES string of the molecule is CC(C)N(C(=O)CNc1ccc(I)cc1)c1ccccc1. The van der Waals surface area contributed by atoms with E-state index >= 15 is 0 Å². The van der Waals surface area contributed by atoms with Crippen molar-refractivity contribution in [3.63, 3.8) is 0 Å². The van der Waals surface area contributed by atoms with Gasteiger partial charge in [0.25, 0.3) is 0 Å². The van der Waals surface area contributed by atoms with Crippen molar-refractivity contribution >= 4 is 39.9 Å². The molecule has 3 nitrogen and oxygen atoms in total. The van der Waals surface area contributed by atoms with E-state index in [4.69, 9.17) is 0 Å². The van der Waals surface area contributed by atoms with E-state index in [1.54, 1.807) is 0 Å². The average molecular weight is 394 g/mol. The Hall–Kier alpha value is -1.56. The number of amides is 1. The minimum Gasteiger partial charge on any atom is -0.376 e. The fourth-order valence-corrected chi connectivity index (χ4v) is 2.51. The third-order valence-electron chi connectivity index (χ3n) is 3.11. The number of nitrogens with zero attached hydrogens (tertiary/aromatic N) is 1. The highest BCUT2D eigenvalue weighted by Gasteiger charge is 2.18. The minimum absolute atomic E-state index is 0.0646. The molecule has 4 heteroatoms. The lowest BCUT2D eigenvalue weighted by Gasteiger charge is -2.27. The largest absolute Gasteiger partial charge is 0.376 e. The van der Waals surface area contributed by atoms with Crippen molar-refractivity contribution in [2.75, 3.05) is 16.8 Å². The summed E-state index contributed by atoms with van der Waals surface area (Å²) >= 11 is 2.26. The number of halogens is 1. The molecule has 0 spiro atoms. The quantitative estimate of drug-likeness (QED) is 0.774. The zero-order valence-corrected chi connectivity index (χ0v) is 14.4. The van der Waals surface area contributed by atoms with Crippen molar-refractivity contribution in [2.24, 2.45) is 0 Å². The zero-order valence-electron chi connectivity index (χ0n) is 12.2. The molecule has 0 saturated heterocycles. The van der Waals surface area contributed by atoms with Gasteiger partial charge in [-0.15, -0.1) is 0 Å². The smallest absolute Gasteiger partial charge is 0.246 e. The molecule has 110 valence electrons. The van der Waals surface area contributed by atoms with Crippen LogP contribution in [0.25, 0.3) is 0 Å². The first-order valence-corrected chi connectivity index (χ1v) is 8.02. The monoisotopic (exact) mass is 394 g/mol. The molecule has 0 saturated carbocycles. The highest BCUT2D eigenvalue weighted by Crippen LogP contribution is 2.17. The Kier molecular flexibility index (Phi) is 5.61. The van der Waals surface area contributed by atoms with Gasteiger partial charge in [0.1, 0.15) is 0 Å². The van der Waals surface area contributed by atoms with Gasteiger partial charge in [-0.05, 0) is 72.8 Å². The van der Waals surface area contributed by atoms with E-state index in [0.717, 1.165) is 11.4 Å². The summed E-state index contributed by atoms with van der Waals surface area (Å²) < 4.78 is 1.18. The number of hydrogen-bond donors (Lipinski definition) is 1. The van der Waals surface area contributed by atoms with Crippen molar-refractivity contribution in [3.8, 4) is 0 Å². The van der Waals surface area contributed by atoms with Gasteiger partial charge in [-0.1, -0.05) is 18.2 Å². The molecule has 0 unspecified atom stereocenters. The molecule has 21 heavy (non-hydrogen) atoms. The summed E-state index contributed by atoms with van der Waals surface area (Å²) in [6.45, 7) is 4.33. The predicted molar refractivity (Wildman–Crippen MR) is 96.7 cm³/mol. The molecule has 2 aromatic rings. The van der Waals surface area contributed by atoms with Gasteiger partial charge in [-0.25, -0.2) is 0 Å². The molecule has 1 amide bonds. The van der Waals surface area contributed by atoms with Gasteiger partial charge in [-0.2, -0.15) is 0 Å². The molecule has 0 aliphatic heterocycles. The van der Waals surface area contributed by atoms with E-state index in [1.165, 1.54) is 3.57 Å². The second kappa shape index (κ2) is 7.45. The summed E-state index contributed by atoms with van der Waals surface area (Å²) in [6.07, 6.45) is 0. The molecule has 0 fully saturated rings. The number of rotatable bonds is 5. The number of hydrogen-bond acceptors (Lipinski definition) is 2. The molecule has 0 heterocycles. The van der Waals surface area contributed by atoms with Crippen LogP contribution in [0, 0.1) is 3.57 Å². The highest BCUT2D eigenvalue weighted by molar-refractivity contribution is 14.1. The molecule has 0 aliphatic rings. The predicted octanol–water partition coefficient (Wildman–Crippen LogP) is 4.14. The molecular weight excluding hydrogens is 375 g/mol. The maximum Gasteiger partial charge on any atom is 0.246 e. The zero-order chi connectivity index (χ0) is 15.2. The normalized spacial score (nSPS) is 10.5. The molecule has 0 radical (unpaired) electrons. The lowest BCUT2D eigenvalue weighted by atomic mass is 10.2. The first kappa shape index (κ1) is 15.8. The topological polar surface area (TPSA) is 32.3 Å². The summed E-state index contributed by atoms with van der Waals surface area (Å²) in [4.78, 5) is 14.3. The second-order valence-corrected chi connectivity index (χ2v) is 6.30. The van der Waals surface area contributed by atoms with Crippen LogP contribution in [0.15, 0.2) is 54.6 Å². The van der Waals surface area contributed by atoms with E-state index in [1.807, 2.05) is 73.3 Å². The molecule has 1 N–H and O–H groups in total. The van der Waals surface area contributed by atoms with Crippen LogP contribution in [0.2, 0.25) is 0 Å². The Bertz CT molecular complexity index is 581. The summed E-state index contributed by atoms with van der Waals surface area (Å²) in [7, 11) is 0. The molecule has 0 aromatic heterocycles. The Labute approximate surface area is 139 Å². The Morgan fingerprint density at radius 2 is 1.71 bits per heavy atom. The lowest BCUT2D eigenvalue weighted by Crippen LogP contribution is -2.40. The Morgan fingerprint density at radius 1 is 1.10 bits per heavy atom.